The molecule has 3 heterocycles. The lowest BCUT2D eigenvalue weighted by Crippen LogP contribution is -2.74. The van der Waals surface area contributed by atoms with Gasteiger partial charge in [-0.25, -0.2) is 0 Å². The lowest BCUT2D eigenvalue weighted by atomic mass is 10.1. The van der Waals surface area contributed by atoms with E-state index in [1.54, 1.807) is 4.57 Å². The average molecular weight is 763 g/mol. The summed E-state index contributed by atoms with van der Waals surface area (Å²) in [5.74, 6) is 0. The van der Waals surface area contributed by atoms with Gasteiger partial charge < -0.3 is 13.7 Å². The Morgan fingerprint density at radius 2 is 0.741 bits per heavy atom. The van der Waals surface area contributed by atoms with Crippen LogP contribution in [0.4, 0.5) is 0 Å². The van der Waals surface area contributed by atoms with Crippen molar-refractivity contribution in [1.82, 2.24) is 13.7 Å². The minimum Gasteiger partial charge on any atom is -0.309 e. The first-order valence-corrected chi connectivity index (χ1v) is 21.5. The highest BCUT2D eigenvalue weighted by Gasteiger charge is 2.41. The molecule has 0 radical (unpaired) electrons. The summed E-state index contributed by atoms with van der Waals surface area (Å²) in [6, 6.07) is 59.2. The Morgan fingerprint density at radius 1 is 0.328 bits per heavy atom. The van der Waals surface area contributed by atoms with Gasteiger partial charge in [-0.05, 0) is 87.4 Å². The minimum absolute atomic E-state index is 0.00393. The van der Waals surface area contributed by atoms with Crippen molar-refractivity contribution in [1.29, 1.82) is 0 Å². The van der Waals surface area contributed by atoms with Crippen LogP contribution in [-0.4, -0.2) is 21.8 Å². The quantitative estimate of drug-likeness (QED) is 0.113. The molecule has 272 valence electrons. The maximum Gasteiger partial charge on any atom is 0.179 e. The molecule has 0 aliphatic heterocycles. The van der Waals surface area contributed by atoms with Crippen molar-refractivity contribution < 1.29 is 9.60 Å². The van der Waals surface area contributed by atoms with Gasteiger partial charge in [0.05, 0.1) is 42.7 Å². The molecule has 0 aliphatic carbocycles. The van der Waals surface area contributed by atoms with Crippen molar-refractivity contribution in [2.24, 2.45) is 0 Å². The largest absolute Gasteiger partial charge is 0.309 e. The van der Waals surface area contributed by atoms with Gasteiger partial charge >= 0.3 is 0 Å². The summed E-state index contributed by atoms with van der Waals surface area (Å²) in [6.07, 6.45) is 0. The number of benzene rings is 9. The maximum atomic E-state index is 10.6. The van der Waals surface area contributed by atoms with E-state index in [0.717, 1.165) is 59.8 Å². The Morgan fingerprint density at radius 3 is 1.28 bits per heavy atom. The number of para-hydroxylation sites is 2. The monoisotopic (exact) mass is 762 g/mol. The number of hydrogen-bond acceptors (Lipinski definition) is 0. The summed E-state index contributed by atoms with van der Waals surface area (Å²) in [5, 5.41) is 5.72. The topological polar surface area (TPSA) is 14.8 Å². The molecule has 58 heavy (non-hydrogen) atoms. The van der Waals surface area contributed by atoms with Gasteiger partial charge in [-0.1, -0.05) is 158 Å². The van der Waals surface area contributed by atoms with Crippen molar-refractivity contribution in [3.8, 4) is 17.1 Å². The van der Waals surface area contributed by atoms with Gasteiger partial charge in [0.25, 0.3) is 0 Å². The fraction of sp³-hybridized carbons (Fsp3) is 0. The summed E-state index contributed by atoms with van der Waals surface area (Å²) in [4.78, 5) is 0. The third-order valence-corrected chi connectivity index (χ3v) is 16.4. The lowest BCUT2D eigenvalue weighted by Gasteiger charge is -2.34. The van der Waals surface area contributed by atoms with E-state index in [4.69, 9.17) is 2.74 Å². The molecule has 9 aromatic carbocycles. The SMILES string of the molecule is [2H]c1c([2H])c([2H])c2c(c1[2H])c1c([2H])c([2H])c([Si](c3ccccc3)(c3ccccc3)c3ccccc3)c([2H])c1n2-c1cccc(-n2c3cccc4c3c3c(cccc32)n4-c2ccccc2)c1. The highest BCUT2D eigenvalue weighted by Crippen LogP contribution is 2.42. The molecule has 3 aromatic heterocycles. The maximum absolute atomic E-state index is 10.6. The fourth-order valence-electron chi connectivity index (χ4n) is 9.43. The highest BCUT2D eigenvalue weighted by atomic mass is 28.3. The van der Waals surface area contributed by atoms with E-state index in [1.807, 2.05) is 97.1 Å². The molecule has 0 N–H and O–H groups in total. The van der Waals surface area contributed by atoms with Gasteiger partial charge in [0.1, 0.15) is 0 Å². The molecule has 0 saturated heterocycles. The number of rotatable bonds is 7. The molecule has 0 atom stereocenters. The average Bonchev–Trinajstić information content (AvgIpc) is 4.02. The zero-order chi connectivity index (χ0) is 44.3. The smallest absolute Gasteiger partial charge is 0.179 e. The van der Waals surface area contributed by atoms with Crippen LogP contribution in [0.2, 0.25) is 0 Å². The van der Waals surface area contributed by atoms with E-state index in [2.05, 4.69) is 94.1 Å². The van der Waals surface area contributed by atoms with Gasteiger partial charge in [0.15, 0.2) is 8.07 Å². The van der Waals surface area contributed by atoms with Crippen molar-refractivity contribution in [2.75, 3.05) is 0 Å². The third kappa shape index (κ3) is 4.61. The van der Waals surface area contributed by atoms with Gasteiger partial charge in [-0.2, -0.15) is 0 Å². The van der Waals surface area contributed by atoms with Crippen LogP contribution in [-0.2, 0) is 0 Å². The Kier molecular flexibility index (Phi) is 5.84. The van der Waals surface area contributed by atoms with Crippen LogP contribution in [0.5, 0.6) is 0 Å². The second-order valence-electron chi connectivity index (χ2n) is 14.7. The van der Waals surface area contributed by atoms with E-state index in [9.17, 15) is 6.85 Å². The highest BCUT2D eigenvalue weighted by molar-refractivity contribution is 7.20. The van der Waals surface area contributed by atoms with E-state index >= 15 is 0 Å². The van der Waals surface area contributed by atoms with Crippen molar-refractivity contribution in [3.05, 3.63) is 224 Å². The molecule has 0 bridgehead atoms. The molecule has 0 unspecified atom stereocenters. The van der Waals surface area contributed by atoms with Crippen molar-refractivity contribution in [3.63, 3.8) is 0 Å². The molecule has 0 spiro atoms. The second kappa shape index (κ2) is 12.8. The summed E-state index contributed by atoms with van der Waals surface area (Å²) >= 11 is 0. The van der Waals surface area contributed by atoms with Crippen LogP contribution >= 0.6 is 0 Å². The molecular formula is C54H37N3Si. The predicted octanol–water partition coefficient (Wildman–Crippen LogP) is 10.6. The first-order chi connectivity index (χ1) is 31.7. The first-order valence-electron chi connectivity index (χ1n) is 23.0. The van der Waals surface area contributed by atoms with Gasteiger partial charge in [0.2, 0.25) is 0 Å². The van der Waals surface area contributed by atoms with Gasteiger partial charge in [-0.3, -0.25) is 0 Å². The number of aromatic nitrogens is 3. The Bertz CT molecular complexity index is 3680. The van der Waals surface area contributed by atoms with E-state index in [-0.39, 0.29) is 52.0 Å². The van der Waals surface area contributed by atoms with Gasteiger partial charge in [0, 0.05) is 38.6 Å². The number of fused-ring (bicyclic) bond motifs is 3. The molecule has 4 heteroatoms. The van der Waals surface area contributed by atoms with E-state index in [0.29, 0.717) is 10.9 Å². The molecule has 0 fully saturated rings. The summed E-state index contributed by atoms with van der Waals surface area (Å²) in [6.45, 7) is 0. The normalized spacial score (nSPS) is 13.8. The molecular weight excluding hydrogens is 719 g/mol. The molecule has 0 saturated carbocycles. The van der Waals surface area contributed by atoms with E-state index < -0.39 is 20.2 Å². The van der Waals surface area contributed by atoms with Crippen LogP contribution in [0.25, 0.3) is 71.7 Å². The van der Waals surface area contributed by atoms with Crippen molar-refractivity contribution >= 4 is 83.5 Å². The first kappa shape index (κ1) is 26.4. The van der Waals surface area contributed by atoms with Crippen molar-refractivity contribution in [2.45, 2.75) is 0 Å². The van der Waals surface area contributed by atoms with Crippen LogP contribution in [0.1, 0.15) is 9.60 Å². The zero-order valence-electron chi connectivity index (χ0n) is 38.2. The van der Waals surface area contributed by atoms with Gasteiger partial charge in [-0.15, -0.1) is 0 Å². The molecule has 0 aliphatic rings. The number of nitrogens with zero attached hydrogens (tertiary/aromatic N) is 3. The van der Waals surface area contributed by atoms with Crippen LogP contribution in [0, 0.1) is 0 Å². The third-order valence-electron chi connectivity index (χ3n) is 11.8. The fourth-order valence-corrected chi connectivity index (χ4v) is 13.9. The van der Waals surface area contributed by atoms with E-state index in [1.165, 1.54) is 0 Å². The standard InChI is InChI=1S/C54H37N3Si/c1-5-18-38(19-6-1)55-48-30-16-32-50-53(48)54-49(55)31-17-33-51(54)57(50)40-21-15-20-39(36-40)56-47-29-14-13-28-45(47)46-35-34-44(37-52(46)56)58(41-22-7-2-8-23-41,42-24-9-3-10-25-42)43-26-11-4-12-27-43/h1-37H/i13D,14D,28D,29D,34D,35D,37D. The second-order valence-corrected chi connectivity index (χ2v) is 18.5. The minimum atomic E-state index is -3.59. The Labute approximate surface area is 347 Å². The Balaban J connectivity index is 1.21. The molecule has 3 nitrogen and oxygen atoms in total. The number of hydrogen-bond donors (Lipinski definition) is 0. The molecule has 12 rings (SSSR count). The molecule has 0 amide bonds. The summed E-state index contributed by atoms with van der Waals surface area (Å²) < 4.78 is 73.4. The predicted molar refractivity (Wildman–Crippen MR) is 247 cm³/mol. The van der Waals surface area contributed by atoms with Crippen LogP contribution in [0.15, 0.2) is 224 Å². The molecule has 12 aromatic rings. The summed E-state index contributed by atoms with van der Waals surface area (Å²) in [7, 11) is -3.59. The van der Waals surface area contributed by atoms with Crippen LogP contribution in [0.3, 0.4) is 0 Å². The van der Waals surface area contributed by atoms with Crippen LogP contribution < -0.4 is 20.7 Å². The Hall–Kier alpha value is -7.40. The zero-order valence-corrected chi connectivity index (χ0v) is 32.2. The summed E-state index contributed by atoms with van der Waals surface area (Å²) in [5.41, 5.74) is 7.02. The lowest BCUT2D eigenvalue weighted by molar-refractivity contribution is 1.13.